The number of benzene rings is 1. The highest BCUT2D eigenvalue weighted by Crippen LogP contribution is 2.32. The third-order valence-corrected chi connectivity index (χ3v) is 4.59. The molecule has 2 N–H and O–H groups in total. The molecule has 1 amide bonds. The number of para-hydroxylation sites is 1. The van der Waals surface area contributed by atoms with Gasteiger partial charge in [-0.2, -0.15) is 0 Å². The maximum atomic E-state index is 12.6. The van der Waals surface area contributed by atoms with Crippen LogP contribution in [0.2, 0.25) is 0 Å². The van der Waals surface area contributed by atoms with E-state index in [4.69, 9.17) is 5.73 Å². The molecule has 1 saturated carbocycles. The van der Waals surface area contributed by atoms with Gasteiger partial charge in [0.25, 0.3) is 0 Å². The van der Waals surface area contributed by atoms with Gasteiger partial charge in [0.15, 0.2) is 0 Å². The lowest BCUT2D eigenvalue weighted by Gasteiger charge is -2.28. The van der Waals surface area contributed by atoms with Crippen LogP contribution in [0.25, 0.3) is 0 Å². The molecule has 0 radical (unpaired) electrons. The van der Waals surface area contributed by atoms with E-state index in [1.807, 2.05) is 17.0 Å². The van der Waals surface area contributed by atoms with Crippen molar-refractivity contribution in [3.63, 3.8) is 0 Å². The minimum absolute atomic E-state index is 0.0898. The fourth-order valence-electron chi connectivity index (χ4n) is 3.31. The minimum atomic E-state index is 0.0898. The fraction of sp³-hybridized carbons (Fsp3) is 0.588. The molecule has 114 valence electrons. The van der Waals surface area contributed by atoms with Crippen LogP contribution in [0.5, 0.6) is 0 Å². The zero-order valence-corrected chi connectivity index (χ0v) is 12.8. The fourth-order valence-corrected chi connectivity index (χ4v) is 3.31. The predicted octanol–water partition coefficient (Wildman–Crippen LogP) is 2.30. The molecule has 0 bridgehead atoms. The van der Waals surface area contributed by atoms with Gasteiger partial charge in [0.2, 0.25) is 5.91 Å². The number of anilines is 1. The Bertz CT molecular complexity index is 513. The second-order valence-corrected chi connectivity index (χ2v) is 6.14. The van der Waals surface area contributed by atoms with E-state index >= 15 is 0 Å². The van der Waals surface area contributed by atoms with Gasteiger partial charge in [-0.25, -0.2) is 0 Å². The van der Waals surface area contributed by atoms with Crippen LogP contribution < -0.4 is 10.6 Å². The van der Waals surface area contributed by atoms with Crippen LogP contribution >= 0.6 is 0 Å². The first-order chi connectivity index (χ1) is 10.2. The van der Waals surface area contributed by atoms with Gasteiger partial charge in [-0.1, -0.05) is 18.2 Å². The number of hydrogen-bond acceptors (Lipinski definition) is 3. The number of carbonyl (C=O) groups excluding carboxylic acids is 1. The maximum Gasteiger partial charge on any atom is 0.242 e. The Balaban J connectivity index is 1.78. The summed E-state index contributed by atoms with van der Waals surface area (Å²) >= 11 is 0. The van der Waals surface area contributed by atoms with Gasteiger partial charge >= 0.3 is 0 Å². The van der Waals surface area contributed by atoms with Gasteiger partial charge in [0, 0.05) is 30.9 Å². The molecular weight excluding hydrogens is 262 g/mol. The lowest BCUT2D eigenvalue weighted by Crippen LogP contribution is -2.41. The third kappa shape index (κ3) is 3.05. The third-order valence-electron chi connectivity index (χ3n) is 4.59. The molecular formula is C17H25N3O. The highest BCUT2D eigenvalue weighted by molar-refractivity contribution is 5.82. The number of likely N-dealkylation sites (N-methyl/N-ethyl adjacent to an activating group) is 1. The van der Waals surface area contributed by atoms with Crippen LogP contribution in [0, 0.1) is 0 Å². The summed E-state index contributed by atoms with van der Waals surface area (Å²) in [6, 6.07) is 8.85. The summed E-state index contributed by atoms with van der Waals surface area (Å²) in [4.78, 5) is 16.8. The molecule has 3 rings (SSSR count). The Hall–Kier alpha value is -1.55. The topological polar surface area (TPSA) is 49.6 Å². The summed E-state index contributed by atoms with van der Waals surface area (Å²) in [7, 11) is 0. The molecule has 1 atom stereocenters. The van der Waals surface area contributed by atoms with Crippen molar-refractivity contribution in [1.29, 1.82) is 0 Å². The van der Waals surface area contributed by atoms with E-state index in [9.17, 15) is 4.79 Å². The molecule has 4 heteroatoms. The van der Waals surface area contributed by atoms with Crippen LogP contribution in [0.3, 0.4) is 0 Å². The Morgan fingerprint density at radius 1 is 1.33 bits per heavy atom. The average Bonchev–Trinajstić information content (AvgIpc) is 3.31. The lowest BCUT2D eigenvalue weighted by atomic mass is 10.0. The number of rotatable bonds is 4. The first-order valence-corrected chi connectivity index (χ1v) is 8.09. The quantitative estimate of drug-likeness (QED) is 0.924. The molecule has 1 heterocycles. The molecule has 4 nitrogen and oxygen atoms in total. The van der Waals surface area contributed by atoms with E-state index < -0.39 is 0 Å². The van der Waals surface area contributed by atoms with Crippen molar-refractivity contribution in [2.45, 2.75) is 44.7 Å². The van der Waals surface area contributed by atoms with Crippen molar-refractivity contribution < 1.29 is 4.79 Å². The minimum Gasteiger partial charge on any atom is -0.362 e. The Labute approximate surface area is 126 Å². The molecule has 1 fully saturated rings. The van der Waals surface area contributed by atoms with E-state index in [0.717, 1.165) is 31.6 Å². The van der Waals surface area contributed by atoms with Crippen molar-refractivity contribution in [2.75, 3.05) is 24.5 Å². The maximum absolute atomic E-state index is 12.6. The lowest BCUT2D eigenvalue weighted by molar-refractivity contribution is -0.130. The molecule has 1 aliphatic heterocycles. The summed E-state index contributed by atoms with van der Waals surface area (Å²) in [5, 5.41) is 0. The van der Waals surface area contributed by atoms with Crippen molar-refractivity contribution in [1.82, 2.24) is 4.90 Å². The standard InChI is InChI=1S/C17H25N3O/c1-2-20(13-9-10-13)17(21)12-19-11-5-7-15(18)14-6-3-4-8-16(14)19/h3-4,6,8,13,15H,2,5,7,9-12,18H2,1H3. The number of nitrogens with two attached hydrogens (primary N) is 1. The zero-order chi connectivity index (χ0) is 14.8. The van der Waals surface area contributed by atoms with Crippen LogP contribution in [0.4, 0.5) is 5.69 Å². The molecule has 0 aromatic heterocycles. The molecule has 2 aliphatic rings. The van der Waals surface area contributed by atoms with Crippen molar-refractivity contribution in [2.24, 2.45) is 5.73 Å². The monoisotopic (exact) mass is 287 g/mol. The summed E-state index contributed by atoms with van der Waals surface area (Å²) in [5.74, 6) is 0.255. The number of nitrogens with zero attached hydrogens (tertiary/aromatic N) is 2. The number of carbonyl (C=O) groups is 1. The normalized spacial score (nSPS) is 21.6. The molecule has 0 spiro atoms. The Kier molecular flexibility index (Phi) is 4.15. The summed E-state index contributed by atoms with van der Waals surface area (Å²) in [5.41, 5.74) is 8.58. The predicted molar refractivity (Wildman–Crippen MR) is 85.2 cm³/mol. The van der Waals surface area contributed by atoms with Crippen molar-refractivity contribution in [3.8, 4) is 0 Å². The van der Waals surface area contributed by atoms with Crippen LogP contribution in [-0.4, -0.2) is 36.5 Å². The summed E-state index contributed by atoms with van der Waals surface area (Å²) in [6.45, 7) is 4.29. The van der Waals surface area contributed by atoms with Gasteiger partial charge in [-0.05, 0) is 44.2 Å². The number of fused-ring (bicyclic) bond motifs is 1. The molecule has 1 aromatic rings. The van der Waals surface area contributed by atoms with E-state index in [1.54, 1.807) is 0 Å². The average molecular weight is 287 g/mol. The van der Waals surface area contributed by atoms with Crippen molar-refractivity contribution in [3.05, 3.63) is 29.8 Å². The van der Waals surface area contributed by atoms with Gasteiger partial charge in [-0.15, -0.1) is 0 Å². The second kappa shape index (κ2) is 6.06. The highest BCUT2D eigenvalue weighted by atomic mass is 16.2. The second-order valence-electron chi connectivity index (χ2n) is 6.14. The van der Waals surface area contributed by atoms with Gasteiger partial charge < -0.3 is 15.5 Å². The molecule has 1 aromatic carbocycles. The van der Waals surface area contributed by atoms with Crippen molar-refractivity contribution >= 4 is 11.6 Å². The smallest absolute Gasteiger partial charge is 0.242 e. The summed E-state index contributed by atoms with van der Waals surface area (Å²) < 4.78 is 0. The Morgan fingerprint density at radius 2 is 2.10 bits per heavy atom. The largest absolute Gasteiger partial charge is 0.362 e. The Morgan fingerprint density at radius 3 is 2.81 bits per heavy atom. The first kappa shape index (κ1) is 14.4. The molecule has 1 aliphatic carbocycles. The summed E-state index contributed by atoms with van der Waals surface area (Å²) in [6.07, 6.45) is 4.36. The van der Waals surface area contributed by atoms with Crippen LogP contribution in [-0.2, 0) is 4.79 Å². The number of hydrogen-bond donors (Lipinski definition) is 1. The van der Waals surface area contributed by atoms with Gasteiger partial charge in [0.1, 0.15) is 0 Å². The molecule has 1 unspecified atom stereocenters. The van der Waals surface area contributed by atoms with Crippen LogP contribution in [0.15, 0.2) is 24.3 Å². The number of amides is 1. The highest BCUT2D eigenvalue weighted by Gasteiger charge is 2.32. The van der Waals surface area contributed by atoms with E-state index in [0.29, 0.717) is 12.6 Å². The SMILES string of the molecule is CCN(C(=O)CN1CCCC(N)c2ccccc21)C1CC1. The molecule has 0 saturated heterocycles. The van der Waals surface area contributed by atoms with Gasteiger partial charge in [-0.3, -0.25) is 4.79 Å². The van der Waals surface area contributed by atoms with Gasteiger partial charge in [0.05, 0.1) is 6.54 Å². The molecule has 21 heavy (non-hydrogen) atoms. The van der Waals surface area contributed by atoms with E-state index in [2.05, 4.69) is 24.0 Å². The van der Waals surface area contributed by atoms with E-state index in [-0.39, 0.29) is 11.9 Å². The van der Waals surface area contributed by atoms with E-state index in [1.165, 1.54) is 18.4 Å². The first-order valence-electron chi connectivity index (χ1n) is 8.09. The van der Waals surface area contributed by atoms with Crippen LogP contribution in [0.1, 0.15) is 44.2 Å². The zero-order valence-electron chi connectivity index (χ0n) is 12.8.